The lowest BCUT2D eigenvalue weighted by molar-refractivity contribution is -0.127. The molecular formula is C27H20N2O4S2. The number of thioether (sulfide) groups is 1. The van der Waals surface area contributed by atoms with E-state index in [1.54, 1.807) is 12.1 Å². The van der Waals surface area contributed by atoms with Crippen molar-refractivity contribution >= 4 is 63.1 Å². The van der Waals surface area contributed by atoms with Crippen LogP contribution in [-0.2, 0) is 9.59 Å². The molecule has 1 aliphatic rings. The molecule has 1 N–H and O–H groups in total. The first-order valence-electron chi connectivity index (χ1n) is 10.8. The number of nitrogens with one attached hydrogen (secondary N) is 1. The lowest BCUT2D eigenvalue weighted by Gasteiger charge is -2.13. The summed E-state index contributed by atoms with van der Waals surface area (Å²) < 4.78 is 5.81. The number of furan rings is 1. The van der Waals surface area contributed by atoms with Crippen LogP contribution in [0.4, 0.5) is 10.5 Å². The number of amides is 3. The molecule has 1 aliphatic heterocycles. The van der Waals surface area contributed by atoms with Crippen molar-refractivity contribution in [2.75, 3.05) is 11.9 Å². The summed E-state index contributed by atoms with van der Waals surface area (Å²) in [5.74, 6) is -0.498. The quantitative estimate of drug-likeness (QED) is 0.302. The Bertz CT molecular complexity index is 1470. The smallest absolute Gasteiger partial charge is 0.294 e. The standard InChI is InChI=1S/C27H20N2O4S2/c1-17-9-12-20(13-10-17)34-25-14-11-19(33-25)15-23-26(31)29(27(32)35-23)16-24(30)28-22-8-4-6-18-5-2-3-7-21(18)22/h2-15H,16H2,1H3,(H,28,30). The SMILES string of the molecule is Cc1ccc(Sc2ccc(C=C3SC(=O)N(CC(=O)Nc4cccc5ccccc45)C3=O)o2)cc1. The Balaban J connectivity index is 1.25. The summed E-state index contributed by atoms with van der Waals surface area (Å²) in [4.78, 5) is 40.2. The highest BCUT2D eigenvalue weighted by atomic mass is 32.2. The van der Waals surface area contributed by atoms with Crippen LogP contribution in [0.1, 0.15) is 11.3 Å². The predicted octanol–water partition coefficient (Wildman–Crippen LogP) is 6.57. The van der Waals surface area contributed by atoms with Crippen molar-refractivity contribution in [3.05, 3.63) is 95.1 Å². The Morgan fingerprint density at radius 2 is 1.77 bits per heavy atom. The summed E-state index contributed by atoms with van der Waals surface area (Å²) in [6, 6.07) is 24.9. The van der Waals surface area contributed by atoms with E-state index in [0.717, 1.165) is 32.3 Å². The zero-order valence-corrected chi connectivity index (χ0v) is 20.3. The van der Waals surface area contributed by atoms with Gasteiger partial charge in [0.15, 0.2) is 5.09 Å². The van der Waals surface area contributed by atoms with Crippen molar-refractivity contribution in [2.45, 2.75) is 16.9 Å². The lowest BCUT2D eigenvalue weighted by atomic mass is 10.1. The van der Waals surface area contributed by atoms with Crippen LogP contribution in [0.25, 0.3) is 16.8 Å². The number of hydrogen-bond donors (Lipinski definition) is 1. The van der Waals surface area contributed by atoms with Gasteiger partial charge >= 0.3 is 0 Å². The van der Waals surface area contributed by atoms with Crippen molar-refractivity contribution in [1.29, 1.82) is 0 Å². The van der Waals surface area contributed by atoms with E-state index < -0.39 is 17.1 Å². The molecule has 0 bridgehead atoms. The molecule has 0 unspecified atom stereocenters. The second kappa shape index (κ2) is 9.85. The summed E-state index contributed by atoms with van der Waals surface area (Å²) in [6.07, 6.45) is 1.53. The van der Waals surface area contributed by atoms with E-state index in [4.69, 9.17) is 4.42 Å². The predicted molar refractivity (Wildman–Crippen MR) is 139 cm³/mol. The van der Waals surface area contributed by atoms with Gasteiger partial charge in [0, 0.05) is 22.0 Å². The molecule has 0 atom stereocenters. The maximum absolute atomic E-state index is 12.8. The number of anilines is 1. The van der Waals surface area contributed by atoms with E-state index in [1.165, 1.54) is 23.4 Å². The van der Waals surface area contributed by atoms with Gasteiger partial charge in [0.05, 0.1) is 4.91 Å². The average molecular weight is 501 g/mol. The van der Waals surface area contributed by atoms with E-state index in [-0.39, 0.29) is 11.4 Å². The topological polar surface area (TPSA) is 79.6 Å². The Morgan fingerprint density at radius 3 is 2.60 bits per heavy atom. The van der Waals surface area contributed by atoms with Crippen LogP contribution in [0.15, 0.2) is 98.2 Å². The van der Waals surface area contributed by atoms with E-state index in [1.807, 2.05) is 73.7 Å². The van der Waals surface area contributed by atoms with Crippen LogP contribution in [0.5, 0.6) is 0 Å². The number of rotatable bonds is 6. The molecule has 35 heavy (non-hydrogen) atoms. The fraction of sp³-hybridized carbons (Fsp3) is 0.0741. The number of imide groups is 1. The van der Waals surface area contributed by atoms with Gasteiger partial charge in [-0.25, -0.2) is 0 Å². The van der Waals surface area contributed by atoms with Gasteiger partial charge in [0.1, 0.15) is 12.3 Å². The molecule has 8 heteroatoms. The fourth-order valence-corrected chi connectivity index (χ4v) is 5.22. The third-order valence-electron chi connectivity index (χ3n) is 5.35. The van der Waals surface area contributed by atoms with Crippen LogP contribution in [-0.4, -0.2) is 28.5 Å². The zero-order valence-electron chi connectivity index (χ0n) is 18.7. The molecular weight excluding hydrogens is 480 g/mol. The van der Waals surface area contributed by atoms with E-state index in [2.05, 4.69) is 5.32 Å². The second-order valence-electron chi connectivity index (χ2n) is 7.91. The first kappa shape index (κ1) is 23.0. The summed E-state index contributed by atoms with van der Waals surface area (Å²) in [5.41, 5.74) is 1.81. The highest BCUT2D eigenvalue weighted by molar-refractivity contribution is 8.18. The highest BCUT2D eigenvalue weighted by Gasteiger charge is 2.36. The number of hydrogen-bond acceptors (Lipinski definition) is 6. The minimum absolute atomic E-state index is 0.217. The summed E-state index contributed by atoms with van der Waals surface area (Å²) in [5, 5.41) is 4.86. The molecule has 3 aromatic carbocycles. The van der Waals surface area contributed by atoms with Crippen LogP contribution in [0.3, 0.4) is 0 Å². The molecule has 4 aromatic rings. The number of carbonyl (C=O) groups is 3. The van der Waals surface area contributed by atoms with E-state index in [9.17, 15) is 14.4 Å². The molecule has 1 saturated heterocycles. The molecule has 174 valence electrons. The largest absolute Gasteiger partial charge is 0.450 e. The fourth-order valence-electron chi connectivity index (χ4n) is 3.62. The summed E-state index contributed by atoms with van der Waals surface area (Å²) in [6.45, 7) is 1.66. The molecule has 1 aromatic heterocycles. The monoisotopic (exact) mass is 500 g/mol. The Labute approximate surface area is 210 Å². The van der Waals surface area contributed by atoms with Gasteiger partial charge in [-0.3, -0.25) is 19.3 Å². The van der Waals surface area contributed by atoms with Gasteiger partial charge < -0.3 is 9.73 Å². The van der Waals surface area contributed by atoms with Crippen molar-refractivity contribution in [3.63, 3.8) is 0 Å². The third-order valence-corrected chi connectivity index (χ3v) is 7.19. The molecule has 5 rings (SSSR count). The number of fused-ring (bicyclic) bond motifs is 1. The lowest BCUT2D eigenvalue weighted by Crippen LogP contribution is -2.36. The van der Waals surface area contributed by atoms with Gasteiger partial charge in [0.2, 0.25) is 5.91 Å². The normalized spacial score (nSPS) is 14.8. The van der Waals surface area contributed by atoms with Crippen molar-refractivity contribution < 1.29 is 18.8 Å². The Morgan fingerprint density at radius 1 is 1.00 bits per heavy atom. The van der Waals surface area contributed by atoms with Gasteiger partial charge in [-0.1, -0.05) is 65.9 Å². The molecule has 0 spiro atoms. The van der Waals surface area contributed by atoms with E-state index >= 15 is 0 Å². The molecule has 0 saturated carbocycles. The average Bonchev–Trinajstić information content (AvgIpc) is 3.40. The Hall–Kier alpha value is -3.75. The van der Waals surface area contributed by atoms with Crippen LogP contribution >= 0.6 is 23.5 Å². The van der Waals surface area contributed by atoms with Crippen molar-refractivity contribution in [3.8, 4) is 0 Å². The molecule has 0 radical (unpaired) electrons. The number of benzene rings is 3. The van der Waals surface area contributed by atoms with E-state index in [0.29, 0.717) is 16.5 Å². The summed E-state index contributed by atoms with van der Waals surface area (Å²) in [7, 11) is 0. The van der Waals surface area contributed by atoms with Gasteiger partial charge in [0.25, 0.3) is 11.1 Å². The van der Waals surface area contributed by atoms with Crippen LogP contribution in [0, 0.1) is 6.92 Å². The number of nitrogens with zero attached hydrogens (tertiary/aromatic N) is 1. The molecule has 3 amide bonds. The van der Waals surface area contributed by atoms with Crippen LogP contribution < -0.4 is 5.32 Å². The minimum Gasteiger partial charge on any atom is -0.450 e. The van der Waals surface area contributed by atoms with Gasteiger partial charge in [-0.05, 0) is 54.4 Å². The van der Waals surface area contributed by atoms with Crippen molar-refractivity contribution in [1.82, 2.24) is 4.90 Å². The second-order valence-corrected chi connectivity index (χ2v) is 9.99. The first-order chi connectivity index (χ1) is 17.0. The van der Waals surface area contributed by atoms with Crippen molar-refractivity contribution in [2.24, 2.45) is 0 Å². The third kappa shape index (κ3) is 5.18. The first-order valence-corrected chi connectivity index (χ1v) is 12.5. The minimum atomic E-state index is -0.516. The van der Waals surface area contributed by atoms with Crippen LogP contribution in [0.2, 0.25) is 0 Å². The maximum Gasteiger partial charge on any atom is 0.294 e. The number of aryl methyl sites for hydroxylation is 1. The molecule has 2 heterocycles. The molecule has 6 nitrogen and oxygen atoms in total. The zero-order chi connectivity index (χ0) is 24.4. The molecule has 1 fully saturated rings. The molecule has 0 aliphatic carbocycles. The summed E-state index contributed by atoms with van der Waals surface area (Å²) >= 11 is 2.26. The van der Waals surface area contributed by atoms with Gasteiger partial charge in [-0.15, -0.1) is 0 Å². The van der Waals surface area contributed by atoms with Gasteiger partial charge in [-0.2, -0.15) is 0 Å². The number of carbonyl (C=O) groups excluding carboxylic acids is 3. The highest BCUT2D eigenvalue weighted by Crippen LogP contribution is 2.34. The Kier molecular flexibility index (Phi) is 6.48. The maximum atomic E-state index is 12.8.